The number of nitrogens with zero attached hydrogens (tertiary/aromatic N) is 2. The second kappa shape index (κ2) is 12.5. The molecule has 9 heteroatoms. The molecule has 0 spiro atoms. The van der Waals surface area contributed by atoms with E-state index in [9.17, 15) is 22.4 Å². The lowest BCUT2D eigenvalue weighted by Crippen LogP contribution is -2.52. The Balaban J connectivity index is 2.39. The molecule has 0 bridgehead atoms. The van der Waals surface area contributed by atoms with Crippen LogP contribution in [-0.2, 0) is 26.2 Å². The van der Waals surface area contributed by atoms with Crippen molar-refractivity contribution in [2.24, 2.45) is 0 Å². The number of benzene rings is 2. The first-order valence-electron chi connectivity index (χ1n) is 11.4. The van der Waals surface area contributed by atoms with Crippen molar-refractivity contribution in [2.45, 2.75) is 52.6 Å². The van der Waals surface area contributed by atoms with Gasteiger partial charge in [-0.15, -0.1) is 0 Å². The molecular formula is C25H34FN3O4S. The van der Waals surface area contributed by atoms with Crippen LogP contribution in [0.3, 0.4) is 0 Å². The number of carbonyl (C=O) groups excluding carboxylic acids is 2. The van der Waals surface area contributed by atoms with E-state index in [4.69, 9.17) is 0 Å². The Labute approximate surface area is 202 Å². The van der Waals surface area contributed by atoms with Gasteiger partial charge in [-0.3, -0.25) is 13.9 Å². The molecule has 34 heavy (non-hydrogen) atoms. The number of unbranched alkanes of at least 4 members (excludes halogenated alkanes) is 1. The van der Waals surface area contributed by atoms with Crippen LogP contribution >= 0.6 is 0 Å². The van der Waals surface area contributed by atoms with Crippen molar-refractivity contribution >= 4 is 27.5 Å². The molecule has 2 amide bonds. The van der Waals surface area contributed by atoms with Crippen molar-refractivity contribution in [2.75, 3.05) is 23.7 Å². The van der Waals surface area contributed by atoms with E-state index in [1.807, 2.05) is 45.0 Å². The molecule has 0 aromatic heterocycles. The monoisotopic (exact) mass is 491 g/mol. The Hall–Kier alpha value is -2.94. The van der Waals surface area contributed by atoms with E-state index in [2.05, 4.69) is 5.32 Å². The van der Waals surface area contributed by atoms with Crippen molar-refractivity contribution < 1.29 is 22.4 Å². The molecule has 0 aliphatic carbocycles. The molecule has 0 heterocycles. The van der Waals surface area contributed by atoms with Crippen LogP contribution in [0.4, 0.5) is 10.1 Å². The Morgan fingerprint density at radius 1 is 1.09 bits per heavy atom. The fraction of sp³-hybridized carbons (Fsp3) is 0.440. The number of rotatable bonds is 12. The van der Waals surface area contributed by atoms with Crippen LogP contribution in [0.15, 0.2) is 48.5 Å². The summed E-state index contributed by atoms with van der Waals surface area (Å²) in [6.45, 7) is 5.92. The lowest BCUT2D eigenvalue weighted by molar-refractivity contribution is -0.140. The predicted octanol–water partition coefficient (Wildman–Crippen LogP) is 3.62. The van der Waals surface area contributed by atoms with E-state index in [0.29, 0.717) is 13.0 Å². The molecule has 1 N–H and O–H groups in total. The van der Waals surface area contributed by atoms with Crippen LogP contribution in [-0.4, -0.2) is 50.5 Å². The Bertz CT molecular complexity index is 1070. The third kappa shape index (κ3) is 7.83. The molecule has 0 radical (unpaired) electrons. The first-order chi connectivity index (χ1) is 16.1. The fourth-order valence-electron chi connectivity index (χ4n) is 3.65. The highest BCUT2D eigenvalue weighted by molar-refractivity contribution is 7.92. The third-order valence-corrected chi connectivity index (χ3v) is 6.59. The quantitative estimate of drug-likeness (QED) is 0.460. The number of anilines is 1. The summed E-state index contributed by atoms with van der Waals surface area (Å²) >= 11 is 0. The van der Waals surface area contributed by atoms with Gasteiger partial charge in [0.25, 0.3) is 0 Å². The number of sulfonamides is 1. The van der Waals surface area contributed by atoms with Crippen molar-refractivity contribution in [1.29, 1.82) is 0 Å². The van der Waals surface area contributed by atoms with E-state index in [1.54, 1.807) is 0 Å². The first kappa shape index (κ1) is 27.3. The van der Waals surface area contributed by atoms with Gasteiger partial charge in [0.2, 0.25) is 21.8 Å². The SMILES string of the molecule is CCCCNC(=O)[C@H](CC)N(Cc1cccc(C)c1)C(=O)CN(c1ccc(F)cc1)S(C)(=O)=O. The van der Waals surface area contributed by atoms with Gasteiger partial charge < -0.3 is 10.2 Å². The van der Waals surface area contributed by atoms with Gasteiger partial charge in [-0.05, 0) is 49.6 Å². The highest BCUT2D eigenvalue weighted by Gasteiger charge is 2.31. The molecular weight excluding hydrogens is 457 g/mol. The lowest BCUT2D eigenvalue weighted by Gasteiger charge is -2.33. The maximum atomic E-state index is 13.5. The predicted molar refractivity (Wildman–Crippen MR) is 132 cm³/mol. The molecule has 0 unspecified atom stereocenters. The summed E-state index contributed by atoms with van der Waals surface area (Å²) in [5.41, 5.74) is 2.02. The Morgan fingerprint density at radius 2 is 1.76 bits per heavy atom. The number of amides is 2. The molecule has 0 saturated heterocycles. The van der Waals surface area contributed by atoms with Crippen LogP contribution in [0.5, 0.6) is 0 Å². The van der Waals surface area contributed by atoms with Crippen LogP contribution < -0.4 is 9.62 Å². The van der Waals surface area contributed by atoms with Gasteiger partial charge in [0.1, 0.15) is 18.4 Å². The highest BCUT2D eigenvalue weighted by atomic mass is 32.2. The summed E-state index contributed by atoms with van der Waals surface area (Å²) in [5, 5.41) is 2.88. The van der Waals surface area contributed by atoms with Gasteiger partial charge in [-0.1, -0.05) is 50.1 Å². The zero-order valence-corrected chi connectivity index (χ0v) is 21.1. The number of hydrogen-bond donors (Lipinski definition) is 1. The van der Waals surface area contributed by atoms with E-state index in [1.165, 1.54) is 17.0 Å². The van der Waals surface area contributed by atoms with Crippen LogP contribution in [0.1, 0.15) is 44.2 Å². The maximum absolute atomic E-state index is 13.5. The molecule has 0 aliphatic heterocycles. The maximum Gasteiger partial charge on any atom is 0.244 e. The number of hydrogen-bond acceptors (Lipinski definition) is 4. The zero-order chi connectivity index (χ0) is 25.3. The van der Waals surface area contributed by atoms with E-state index >= 15 is 0 Å². The summed E-state index contributed by atoms with van der Waals surface area (Å²) in [5.74, 6) is -1.31. The highest BCUT2D eigenvalue weighted by Crippen LogP contribution is 2.20. The largest absolute Gasteiger partial charge is 0.354 e. The Kier molecular flexibility index (Phi) is 10.0. The molecule has 2 rings (SSSR count). The molecule has 0 aliphatic rings. The standard InChI is InChI=1S/C25H34FN3O4S/c1-5-7-15-27-25(31)23(6-2)28(17-20-10-8-9-19(3)16-20)24(30)18-29(34(4,32)33)22-13-11-21(26)12-14-22/h8-14,16,23H,5-7,15,17-18H2,1-4H3,(H,27,31)/t23-/m0/s1. The second-order valence-electron chi connectivity index (χ2n) is 8.33. The van der Waals surface area contributed by atoms with Crippen LogP contribution in [0, 0.1) is 12.7 Å². The zero-order valence-electron chi connectivity index (χ0n) is 20.3. The van der Waals surface area contributed by atoms with Gasteiger partial charge in [0, 0.05) is 13.1 Å². The van der Waals surface area contributed by atoms with E-state index < -0.39 is 34.3 Å². The topological polar surface area (TPSA) is 86.8 Å². The number of nitrogens with one attached hydrogen (secondary N) is 1. The van der Waals surface area contributed by atoms with Gasteiger partial charge >= 0.3 is 0 Å². The molecule has 0 fully saturated rings. The summed E-state index contributed by atoms with van der Waals surface area (Å²) in [7, 11) is -3.85. The second-order valence-corrected chi connectivity index (χ2v) is 10.2. The fourth-order valence-corrected chi connectivity index (χ4v) is 4.50. The van der Waals surface area contributed by atoms with Crippen molar-refractivity contribution in [1.82, 2.24) is 10.2 Å². The van der Waals surface area contributed by atoms with Crippen molar-refractivity contribution in [3.05, 3.63) is 65.5 Å². The molecule has 7 nitrogen and oxygen atoms in total. The first-order valence-corrected chi connectivity index (χ1v) is 13.3. The molecule has 0 saturated carbocycles. The summed E-state index contributed by atoms with van der Waals surface area (Å²) in [6, 6.07) is 11.7. The molecule has 1 atom stereocenters. The number of carbonyl (C=O) groups is 2. The van der Waals surface area contributed by atoms with Crippen LogP contribution in [0.2, 0.25) is 0 Å². The summed E-state index contributed by atoms with van der Waals surface area (Å²) < 4.78 is 39.3. The summed E-state index contributed by atoms with van der Waals surface area (Å²) in [4.78, 5) is 27.9. The Morgan fingerprint density at radius 3 is 2.32 bits per heavy atom. The van der Waals surface area contributed by atoms with Gasteiger partial charge in [0.15, 0.2) is 0 Å². The van der Waals surface area contributed by atoms with Gasteiger partial charge in [-0.25, -0.2) is 12.8 Å². The minimum atomic E-state index is -3.85. The minimum absolute atomic E-state index is 0.154. The average molecular weight is 492 g/mol. The molecule has 2 aromatic rings. The van der Waals surface area contributed by atoms with Crippen molar-refractivity contribution in [3.8, 4) is 0 Å². The number of aryl methyl sites for hydroxylation is 1. The average Bonchev–Trinajstić information content (AvgIpc) is 2.77. The summed E-state index contributed by atoms with van der Waals surface area (Å²) in [6.07, 6.45) is 3.10. The number of halogens is 1. The minimum Gasteiger partial charge on any atom is -0.354 e. The smallest absolute Gasteiger partial charge is 0.244 e. The lowest BCUT2D eigenvalue weighted by atomic mass is 10.1. The van der Waals surface area contributed by atoms with E-state index in [-0.39, 0.29) is 18.1 Å². The van der Waals surface area contributed by atoms with Gasteiger partial charge in [0.05, 0.1) is 11.9 Å². The molecule has 2 aromatic carbocycles. The normalized spacial score (nSPS) is 12.1. The van der Waals surface area contributed by atoms with Crippen molar-refractivity contribution in [3.63, 3.8) is 0 Å². The molecule has 186 valence electrons. The van der Waals surface area contributed by atoms with Crippen LogP contribution in [0.25, 0.3) is 0 Å². The van der Waals surface area contributed by atoms with Gasteiger partial charge in [-0.2, -0.15) is 0 Å². The van der Waals surface area contributed by atoms with E-state index in [0.717, 1.165) is 46.7 Å². The third-order valence-electron chi connectivity index (χ3n) is 5.44.